The summed E-state index contributed by atoms with van der Waals surface area (Å²) in [6.07, 6.45) is 7.57. The molecule has 0 unspecified atom stereocenters. The van der Waals surface area contributed by atoms with Crippen LogP contribution in [0, 0.1) is 17.7 Å². The number of nitrogens with zero attached hydrogens (tertiary/aromatic N) is 3. The highest BCUT2D eigenvalue weighted by atomic mass is 16.1. The monoisotopic (exact) mass is 379 g/mol. The van der Waals surface area contributed by atoms with E-state index in [2.05, 4.69) is 20.6 Å². The number of anilines is 1. The Balaban J connectivity index is 1.57. The van der Waals surface area contributed by atoms with Crippen LogP contribution in [0.3, 0.4) is 0 Å². The molecule has 28 heavy (non-hydrogen) atoms. The Morgan fingerprint density at radius 1 is 1.29 bits per heavy atom. The molecular formula is C20H25N7O. The van der Waals surface area contributed by atoms with Crippen LogP contribution in [-0.2, 0) is 0 Å². The Bertz CT molecular complexity index is 946. The van der Waals surface area contributed by atoms with E-state index in [4.69, 9.17) is 10.8 Å². The minimum absolute atomic E-state index is 0.0435. The molecule has 0 saturated heterocycles. The molecule has 4 N–H and O–H groups in total. The molecule has 1 aliphatic carbocycles. The number of aliphatic imine (C=N–C) groups is 1. The van der Waals surface area contributed by atoms with Gasteiger partial charge in [0.05, 0.1) is 18.1 Å². The van der Waals surface area contributed by atoms with E-state index < -0.39 is 0 Å². The maximum absolute atomic E-state index is 12.2. The van der Waals surface area contributed by atoms with Gasteiger partial charge in [-0.25, -0.2) is 9.98 Å². The number of hydrogen-bond acceptors (Lipinski definition) is 5. The molecule has 1 saturated carbocycles. The molecule has 8 heteroatoms. The molecule has 0 bridgehead atoms. The minimum atomic E-state index is -0.0435. The normalized spacial score (nSPS) is 18.9. The lowest BCUT2D eigenvalue weighted by Crippen LogP contribution is -2.32. The van der Waals surface area contributed by atoms with Gasteiger partial charge in [-0.05, 0) is 51.3 Å². The SMILES string of the molecule is CC(=N)/C=N\C(=N)N[C@H]1CC[C@H](Nc2ccc(-n3cccc(C)c3=O)cn2)C1. The summed E-state index contributed by atoms with van der Waals surface area (Å²) in [5, 5.41) is 21.6. The molecule has 2 aromatic rings. The molecule has 2 atom stereocenters. The quantitative estimate of drug-likeness (QED) is 0.471. The number of aryl methyl sites for hydroxylation is 1. The molecule has 0 spiro atoms. The topological polar surface area (TPSA) is 119 Å². The summed E-state index contributed by atoms with van der Waals surface area (Å²) in [4.78, 5) is 20.6. The van der Waals surface area contributed by atoms with E-state index in [0.717, 1.165) is 30.8 Å². The van der Waals surface area contributed by atoms with Gasteiger partial charge in [-0.2, -0.15) is 0 Å². The Hall–Kier alpha value is -3.29. The van der Waals surface area contributed by atoms with Crippen LogP contribution in [0.5, 0.6) is 0 Å². The second kappa shape index (κ2) is 8.60. The van der Waals surface area contributed by atoms with Crippen LogP contribution in [0.1, 0.15) is 31.7 Å². The van der Waals surface area contributed by atoms with Crippen LogP contribution in [0.2, 0.25) is 0 Å². The smallest absolute Gasteiger partial charge is 0.258 e. The van der Waals surface area contributed by atoms with Crippen molar-refractivity contribution in [2.24, 2.45) is 4.99 Å². The Kier molecular flexibility index (Phi) is 5.98. The van der Waals surface area contributed by atoms with Gasteiger partial charge in [0.2, 0.25) is 5.96 Å². The van der Waals surface area contributed by atoms with Gasteiger partial charge in [-0.15, -0.1) is 0 Å². The summed E-state index contributed by atoms with van der Waals surface area (Å²) in [6, 6.07) is 7.84. The van der Waals surface area contributed by atoms with Crippen LogP contribution in [0.4, 0.5) is 5.82 Å². The third-order valence-electron chi connectivity index (χ3n) is 4.68. The van der Waals surface area contributed by atoms with Crippen LogP contribution in [0.25, 0.3) is 5.69 Å². The maximum Gasteiger partial charge on any atom is 0.258 e. The average Bonchev–Trinajstić information content (AvgIpc) is 3.10. The van der Waals surface area contributed by atoms with Gasteiger partial charge in [0.15, 0.2) is 0 Å². The molecule has 2 aromatic heterocycles. The molecule has 0 aliphatic heterocycles. The van der Waals surface area contributed by atoms with E-state index >= 15 is 0 Å². The van der Waals surface area contributed by atoms with Gasteiger partial charge in [0.25, 0.3) is 5.56 Å². The average molecular weight is 379 g/mol. The van der Waals surface area contributed by atoms with Gasteiger partial charge in [-0.3, -0.25) is 14.8 Å². The highest BCUT2D eigenvalue weighted by Gasteiger charge is 2.25. The summed E-state index contributed by atoms with van der Waals surface area (Å²) in [7, 11) is 0. The fourth-order valence-corrected chi connectivity index (χ4v) is 3.26. The molecule has 8 nitrogen and oxygen atoms in total. The highest BCUT2D eigenvalue weighted by Crippen LogP contribution is 2.22. The molecule has 1 aliphatic rings. The minimum Gasteiger partial charge on any atom is -0.367 e. The van der Waals surface area contributed by atoms with E-state index in [9.17, 15) is 4.79 Å². The standard InChI is InChI=1S/C20H25N7O/c1-13-4-3-9-27(19(13)28)17-7-8-18(23-12-17)25-15-5-6-16(10-15)26-20(22)24-11-14(2)21/h3-4,7-9,11-12,15-16,21H,5-6,10H2,1-2H3,(H2,22,26)(H,23,25)/b21-14?,24-11-/t15-,16-/m0/s1. The summed E-state index contributed by atoms with van der Waals surface area (Å²) in [5.41, 5.74) is 1.70. The first-order valence-corrected chi connectivity index (χ1v) is 9.28. The van der Waals surface area contributed by atoms with Crippen molar-refractivity contribution in [1.29, 1.82) is 10.8 Å². The lowest BCUT2D eigenvalue weighted by atomic mass is 10.2. The van der Waals surface area contributed by atoms with E-state index in [-0.39, 0.29) is 23.6 Å². The number of nitrogens with one attached hydrogen (secondary N) is 4. The van der Waals surface area contributed by atoms with Crippen molar-refractivity contribution in [3.05, 3.63) is 52.6 Å². The zero-order chi connectivity index (χ0) is 20.1. The third-order valence-corrected chi connectivity index (χ3v) is 4.68. The van der Waals surface area contributed by atoms with Gasteiger partial charge < -0.3 is 16.0 Å². The predicted molar refractivity (Wildman–Crippen MR) is 112 cm³/mol. The van der Waals surface area contributed by atoms with E-state index in [1.807, 2.05) is 18.2 Å². The van der Waals surface area contributed by atoms with Crippen molar-refractivity contribution >= 4 is 23.7 Å². The van der Waals surface area contributed by atoms with Crippen LogP contribution in [-0.4, -0.2) is 39.5 Å². The number of rotatable bonds is 5. The second-order valence-electron chi connectivity index (χ2n) is 7.05. The van der Waals surface area contributed by atoms with Crippen molar-refractivity contribution < 1.29 is 0 Å². The van der Waals surface area contributed by atoms with Crippen LogP contribution in [0.15, 0.2) is 46.4 Å². The maximum atomic E-state index is 12.2. The lowest BCUT2D eigenvalue weighted by molar-refractivity contribution is 0.617. The molecule has 146 valence electrons. The van der Waals surface area contributed by atoms with E-state index in [1.165, 1.54) is 6.21 Å². The van der Waals surface area contributed by atoms with Gasteiger partial charge in [0, 0.05) is 29.6 Å². The first-order valence-electron chi connectivity index (χ1n) is 9.28. The second-order valence-corrected chi connectivity index (χ2v) is 7.05. The fourth-order valence-electron chi connectivity index (χ4n) is 3.26. The van der Waals surface area contributed by atoms with Gasteiger partial charge in [-0.1, -0.05) is 6.07 Å². The van der Waals surface area contributed by atoms with Gasteiger partial charge in [0.1, 0.15) is 5.82 Å². The number of aromatic nitrogens is 2. The van der Waals surface area contributed by atoms with Crippen LogP contribution >= 0.6 is 0 Å². The first-order chi connectivity index (χ1) is 13.4. The van der Waals surface area contributed by atoms with Crippen molar-refractivity contribution in [2.45, 2.75) is 45.2 Å². The molecule has 3 rings (SSSR count). The third kappa shape index (κ3) is 4.91. The summed E-state index contributed by atoms with van der Waals surface area (Å²) in [5.74, 6) is 0.853. The highest BCUT2D eigenvalue weighted by molar-refractivity contribution is 6.29. The van der Waals surface area contributed by atoms with Crippen molar-refractivity contribution in [3.63, 3.8) is 0 Å². The molecule has 0 radical (unpaired) electrons. The number of pyridine rings is 2. The lowest BCUT2D eigenvalue weighted by Gasteiger charge is -2.15. The number of hydrogen-bond donors (Lipinski definition) is 4. The van der Waals surface area contributed by atoms with Crippen molar-refractivity contribution in [3.8, 4) is 5.69 Å². The molecule has 0 amide bonds. The van der Waals surface area contributed by atoms with E-state index in [1.54, 1.807) is 36.9 Å². The molecule has 2 heterocycles. The van der Waals surface area contributed by atoms with E-state index in [0.29, 0.717) is 11.3 Å². The molecular weight excluding hydrogens is 354 g/mol. The predicted octanol–water partition coefficient (Wildman–Crippen LogP) is 2.51. The van der Waals surface area contributed by atoms with Crippen LogP contribution < -0.4 is 16.2 Å². The zero-order valence-corrected chi connectivity index (χ0v) is 16.1. The Labute approximate surface area is 163 Å². The first kappa shape index (κ1) is 19.5. The largest absolute Gasteiger partial charge is 0.367 e. The number of guanidine groups is 1. The Morgan fingerprint density at radius 2 is 2.07 bits per heavy atom. The summed E-state index contributed by atoms with van der Waals surface area (Å²) >= 11 is 0. The Morgan fingerprint density at radius 3 is 2.79 bits per heavy atom. The van der Waals surface area contributed by atoms with Gasteiger partial charge >= 0.3 is 0 Å². The van der Waals surface area contributed by atoms with Crippen molar-refractivity contribution in [2.75, 3.05) is 5.32 Å². The summed E-state index contributed by atoms with van der Waals surface area (Å²) < 4.78 is 1.59. The molecule has 1 fully saturated rings. The molecule has 0 aromatic carbocycles. The summed E-state index contributed by atoms with van der Waals surface area (Å²) in [6.45, 7) is 3.42. The fraction of sp³-hybridized carbons (Fsp3) is 0.350. The zero-order valence-electron chi connectivity index (χ0n) is 16.1. The van der Waals surface area contributed by atoms with Crippen molar-refractivity contribution in [1.82, 2.24) is 14.9 Å².